The Morgan fingerprint density at radius 2 is 0.691 bits per heavy atom. The molecule has 0 unspecified atom stereocenters. The van der Waals surface area contributed by atoms with Crippen LogP contribution in [0.1, 0.15) is 20.8 Å². The molecule has 0 aliphatic carbocycles. The molecule has 0 aliphatic rings. The van der Waals surface area contributed by atoms with Crippen molar-refractivity contribution in [3.8, 4) is 39.4 Å². The summed E-state index contributed by atoms with van der Waals surface area (Å²) in [7, 11) is 0. The zero-order chi connectivity index (χ0) is 64.6. The van der Waals surface area contributed by atoms with Gasteiger partial charge in [-0.1, -0.05) is 202 Å². The van der Waals surface area contributed by atoms with E-state index in [0.29, 0.717) is 5.15 Å². The Kier molecular flexibility index (Phi) is 16.1. The number of benzene rings is 12. The van der Waals surface area contributed by atoms with E-state index in [9.17, 15) is 5.11 Å². The van der Waals surface area contributed by atoms with Crippen LogP contribution in [-0.2, 0) is 0 Å². The van der Waals surface area contributed by atoms with E-state index >= 15 is 0 Å². The molecule has 9 nitrogen and oxygen atoms in total. The number of thiophene rings is 2. The van der Waals surface area contributed by atoms with Gasteiger partial charge in [-0.15, -0.1) is 28.3 Å². The van der Waals surface area contributed by atoms with Crippen LogP contribution in [0.5, 0.6) is 0 Å². The van der Waals surface area contributed by atoms with Gasteiger partial charge >= 0.3 is 29.6 Å². The number of aromatic amines is 1. The van der Waals surface area contributed by atoms with Crippen LogP contribution in [0, 0.1) is 0 Å². The van der Waals surface area contributed by atoms with Gasteiger partial charge in [-0.05, 0) is 131 Å². The summed E-state index contributed by atoms with van der Waals surface area (Å²) in [5.41, 5.74) is 18.0. The van der Waals surface area contributed by atoms with E-state index < -0.39 is 5.60 Å². The molecule has 0 amide bonds. The maximum atomic E-state index is 10.1. The number of halogens is 1. The Labute approximate surface area is 593 Å². The van der Waals surface area contributed by atoms with E-state index in [2.05, 4.69) is 296 Å². The Morgan fingerprint density at radius 3 is 1.20 bits per heavy atom. The van der Waals surface area contributed by atoms with Crippen LogP contribution >= 0.6 is 34.3 Å². The monoisotopic (exact) mass is 1320 g/mol. The van der Waals surface area contributed by atoms with Crippen LogP contribution in [-0.4, -0.2) is 44.2 Å². The van der Waals surface area contributed by atoms with Gasteiger partial charge in [-0.2, -0.15) is 0 Å². The quantitative estimate of drug-likeness (QED) is 0.137. The smallest absolute Gasteiger partial charge is 0.850 e. The Bertz CT molecular complexity index is 6370. The van der Waals surface area contributed by atoms with Gasteiger partial charge in [0, 0.05) is 85.7 Å². The molecule has 97 heavy (non-hydrogen) atoms. The molecule has 8 aromatic heterocycles. The summed E-state index contributed by atoms with van der Waals surface area (Å²) in [5, 5.41) is 23.0. The van der Waals surface area contributed by atoms with Crippen LogP contribution < -0.4 is 34.7 Å². The minimum Gasteiger partial charge on any atom is -0.850 e. The Hall–Kier alpha value is -10.3. The third-order valence-electron chi connectivity index (χ3n) is 17.7. The number of nitrogens with one attached hydrogen (secondary N) is 1. The molecule has 20 aromatic rings. The summed E-state index contributed by atoms with van der Waals surface area (Å²) in [6.07, 6.45) is 3.21. The van der Waals surface area contributed by atoms with Gasteiger partial charge in [0.25, 0.3) is 0 Å². The Morgan fingerprint density at radius 1 is 0.340 bits per heavy atom. The van der Waals surface area contributed by atoms with Crippen LogP contribution in [0.3, 0.4) is 0 Å². The maximum Gasteiger partial charge on any atom is 1.00 e. The minimum absolute atomic E-state index is 0. The van der Waals surface area contributed by atoms with E-state index in [1.54, 1.807) is 49.8 Å². The molecule has 0 saturated heterocycles. The van der Waals surface area contributed by atoms with Gasteiger partial charge in [-0.25, -0.2) is 19.9 Å². The van der Waals surface area contributed by atoms with Crippen molar-refractivity contribution in [2.24, 2.45) is 0 Å². The van der Waals surface area contributed by atoms with Gasteiger partial charge in [0.15, 0.2) is 5.82 Å². The number of hydrogen-bond donors (Lipinski definition) is 1. The minimum atomic E-state index is -0.750. The molecule has 0 fully saturated rings. The van der Waals surface area contributed by atoms with E-state index in [4.69, 9.17) is 21.6 Å². The maximum absolute atomic E-state index is 10.1. The summed E-state index contributed by atoms with van der Waals surface area (Å²) >= 11 is 9.38. The number of nitrogens with zero attached hydrogens (tertiary/aromatic N) is 7. The molecule has 0 bridgehead atoms. The standard InChI is InChI=1S/C40H24N4S.C30H20N2.C10H5ClN2S.C4H9O.Na/c1-2-10-27(11-3-1)43-33-15-7-4-12-28(33)31-22-25(18-20-35(31)43)26-19-21-36-32(23-26)29-13-5-8-16-34(29)44(36)40-39-38(41-24-42-40)30-14-6-9-17-37(30)45-39;1-2-8-22(9-3-1)32-29-13-7-5-11-24(29)26-19-21(15-17-30(26)32)20-14-16-28-25(18-20)23-10-4-6-12-27(23)31-28;11-10-9-8(12-5-13-10)6-3-1-2-4-7(6)14-9;1-4(2,3)5;/h1-24H;1-19,31H;1-5H;1-3H3;/q;;;-1;+1. The fourth-order valence-corrected chi connectivity index (χ4v) is 16.0. The SMILES string of the molecule is CC(C)(C)[O-].Clc1ncnc2c1sc1ccccc12.[Na+].c1ccc(-n2c3ccccc3c3cc(-c4ccc5[nH]c6ccccc6c5c4)ccc32)cc1.c1ccc(-n2c3ccccc3c3cc(-c4ccc5c(c4)c4ccccc4n5-c4ncnc5c4sc4ccccc45)ccc32)cc1. The second kappa shape index (κ2) is 25.4. The number of fused-ring (bicyclic) bond motifs is 18. The van der Waals surface area contributed by atoms with Crippen molar-refractivity contribution in [3.05, 3.63) is 297 Å². The second-order valence-corrected chi connectivity index (χ2v) is 27.3. The van der Waals surface area contributed by atoms with Crippen molar-refractivity contribution in [1.29, 1.82) is 0 Å². The van der Waals surface area contributed by atoms with E-state index in [1.807, 2.05) is 12.1 Å². The van der Waals surface area contributed by atoms with Crippen LogP contribution in [0.4, 0.5) is 0 Å². The fraction of sp³-hybridized carbons (Fsp3) is 0.0476. The number of para-hydroxylation sites is 6. The summed E-state index contributed by atoms with van der Waals surface area (Å²) in [6, 6.07) is 99.7. The molecule has 8 heterocycles. The van der Waals surface area contributed by atoms with Crippen molar-refractivity contribution < 1.29 is 34.7 Å². The number of aromatic nitrogens is 8. The van der Waals surface area contributed by atoms with E-state index in [-0.39, 0.29) is 29.6 Å². The number of H-pyrrole nitrogens is 1. The van der Waals surface area contributed by atoms with E-state index in [0.717, 1.165) is 42.7 Å². The molecule has 0 spiro atoms. The predicted molar refractivity (Wildman–Crippen MR) is 404 cm³/mol. The average molecular weight is 1320 g/mol. The van der Waals surface area contributed by atoms with Crippen molar-refractivity contribution in [3.63, 3.8) is 0 Å². The van der Waals surface area contributed by atoms with Gasteiger partial charge in [0.05, 0.1) is 53.5 Å². The van der Waals surface area contributed by atoms with Crippen molar-refractivity contribution in [2.45, 2.75) is 26.4 Å². The van der Waals surface area contributed by atoms with Crippen molar-refractivity contribution in [2.75, 3.05) is 0 Å². The second-order valence-electron chi connectivity index (χ2n) is 24.9. The molecule has 1 N–H and O–H groups in total. The summed E-state index contributed by atoms with van der Waals surface area (Å²) in [6.45, 7) is 4.90. The van der Waals surface area contributed by atoms with Gasteiger partial charge in [0.1, 0.15) is 17.8 Å². The molecule has 12 aromatic carbocycles. The molecular formula is C84H58ClN8NaOS2. The largest absolute Gasteiger partial charge is 1.00 e. The van der Waals surface area contributed by atoms with Crippen LogP contribution in [0.15, 0.2) is 292 Å². The van der Waals surface area contributed by atoms with Crippen LogP contribution in [0.25, 0.3) is 167 Å². The molecule has 460 valence electrons. The topological polar surface area (TPSA) is 105 Å². The number of hydrogen-bond acceptors (Lipinski definition) is 7. The van der Waals surface area contributed by atoms with Crippen LogP contribution in [0.2, 0.25) is 5.15 Å². The molecule has 0 atom stereocenters. The van der Waals surface area contributed by atoms with Gasteiger partial charge in [0.2, 0.25) is 0 Å². The third-order valence-corrected chi connectivity index (χ3v) is 20.4. The molecular weight excluding hydrogens is 1260 g/mol. The first kappa shape index (κ1) is 61.6. The Balaban J connectivity index is 0.000000122. The molecule has 20 rings (SSSR count). The summed E-state index contributed by atoms with van der Waals surface area (Å²) < 4.78 is 11.5. The van der Waals surface area contributed by atoms with Crippen molar-refractivity contribution >= 4 is 162 Å². The van der Waals surface area contributed by atoms with Gasteiger partial charge in [-0.3, -0.25) is 4.57 Å². The number of rotatable bonds is 5. The average Bonchev–Trinajstić information content (AvgIpc) is 1.59. The first-order valence-electron chi connectivity index (χ1n) is 31.9. The summed E-state index contributed by atoms with van der Waals surface area (Å²) in [5.74, 6) is 0.926. The molecule has 0 saturated carbocycles. The molecule has 0 aliphatic heterocycles. The zero-order valence-corrected chi connectivity index (χ0v) is 57.8. The first-order chi connectivity index (χ1) is 47.1. The van der Waals surface area contributed by atoms with Gasteiger partial charge < -0.3 is 19.2 Å². The third kappa shape index (κ3) is 11.2. The first-order valence-corrected chi connectivity index (χ1v) is 33.9. The summed E-state index contributed by atoms with van der Waals surface area (Å²) in [4.78, 5) is 21.3. The molecule has 13 heteroatoms. The molecule has 0 radical (unpaired) electrons. The van der Waals surface area contributed by atoms with E-state index in [1.165, 1.54) is 131 Å². The predicted octanol–water partition coefficient (Wildman–Crippen LogP) is 19.4. The normalized spacial score (nSPS) is 11.7. The zero-order valence-electron chi connectivity index (χ0n) is 53.4. The van der Waals surface area contributed by atoms with Crippen molar-refractivity contribution in [1.82, 2.24) is 38.6 Å². The fourth-order valence-electron chi connectivity index (χ4n) is 13.6.